The van der Waals surface area contributed by atoms with Crippen LogP contribution in [0.15, 0.2) is 24.4 Å². The Morgan fingerprint density at radius 2 is 2.12 bits per heavy atom. The lowest BCUT2D eigenvalue weighted by molar-refractivity contribution is 1.42. The zero-order chi connectivity index (χ0) is 6.41. The van der Waals surface area contributed by atoms with Gasteiger partial charge < -0.3 is 0 Å². The molecule has 0 aromatic heterocycles. The minimum Gasteiger partial charge on any atom is -0.145 e. The lowest BCUT2D eigenvalue weighted by atomic mass is 10.4. The van der Waals surface area contributed by atoms with E-state index in [4.69, 9.17) is 22.2 Å². The van der Waals surface area contributed by atoms with Gasteiger partial charge >= 0.3 is 0 Å². The number of allylic oxidation sites excluding steroid dienone is 2. The van der Waals surface area contributed by atoms with Crippen LogP contribution in [0, 0.1) is 0 Å². The second-order valence-corrected chi connectivity index (χ2v) is 5.83. The van der Waals surface area contributed by atoms with Crippen molar-refractivity contribution in [3.05, 3.63) is 24.4 Å². The Morgan fingerprint density at radius 1 is 1.50 bits per heavy atom. The number of hydrogen-bond acceptors (Lipinski definition) is 0. The van der Waals surface area contributed by atoms with Gasteiger partial charge in [0, 0.05) is 0 Å². The highest BCUT2D eigenvalue weighted by molar-refractivity contribution is 7.36. The molecule has 0 aromatic carbocycles. The van der Waals surface area contributed by atoms with E-state index in [1.54, 1.807) is 6.08 Å². The zero-order valence-electron chi connectivity index (χ0n) is 4.48. The molecule has 0 aliphatic rings. The Hall–Kier alpha value is 0.277. The Labute approximate surface area is 60.8 Å². The van der Waals surface area contributed by atoms with Crippen molar-refractivity contribution in [2.24, 2.45) is 0 Å². The molecular formula is C5H8Cl2Si. The normalized spacial score (nSPS) is 10.9. The second-order valence-electron chi connectivity index (χ2n) is 1.29. The van der Waals surface area contributed by atoms with E-state index >= 15 is 0 Å². The average Bonchev–Trinajstić information content (AvgIpc) is 1.66. The fourth-order valence-electron chi connectivity index (χ4n) is 0.278. The van der Waals surface area contributed by atoms with Crippen molar-refractivity contribution >= 4 is 29.6 Å². The molecule has 0 amide bonds. The van der Waals surface area contributed by atoms with Crippen LogP contribution in [-0.2, 0) is 0 Å². The molecule has 0 saturated heterocycles. The molecule has 0 spiro atoms. The van der Waals surface area contributed by atoms with Crippen molar-refractivity contribution in [1.82, 2.24) is 0 Å². The second kappa shape index (κ2) is 5.41. The van der Waals surface area contributed by atoms with Gasteiger partial charge in [-0.1, -0.05) is 17.9 Å². The molecule has 0 unspecified atom stereocenters. The van der Waals surface area contributed by atoms with Crippen LogP contribution >= 0.6 is 22.2 Å². The highest BCUT2D eigenvalue weighted by Crippen LogP contribution is 1.97. The molecule has 0 heterocycles. The van der Waals surface area contributed by atoms with Crippen molar-refractivity contribution < 1.29 is 0 Å². The quantitative estimate of drug-likeness (QED) is 0.344. The third kappa shape index (κ3) is 6.28. The molecule has 0 rings (SSSR count). The van der Waals surface area contributed by atoms with Crippen LogP contribution < -0.4 is 0 Å². The Kier molecular flexibility index (Phi) is 5.60. The van der Waals surface area contributed by atoms with Crippen LogP contribution in [0.5, 0.6) is 0 Å². The average molecular weight is 167 g/mol. The number of hydrogen-bond donors (Lipinski definition) is 0. The molecule has 0 saturated carbocycles. The maximum atomic E-state index is 5.50. The van der Waals surface area contributed by atoms with E-state index < -0.39 is 7.42 Å². The van der Waals surface area contributed by atoms with Crippen molar-refractivity contribution in [3.8, 4) is 0 Å². The van der Waals surface area contributed by atoms with Gasteiger partial charge in [-0.05, 0) is 6.42 Å². The first-order chi connectivity index (χ1) is 3.77. The molecule has 0 N–H and O–H groups in total. The topological polar surface area (TPSA) is 0 Å². The molecule has 46 valence electrons. The Morgan fingerprint density at radius 3 is 2.50 bits per heavy atom. The van der Waals surface area contributed by atoms with Crippen molar-refractivity contribution in [2.45, 2.75) is 6.42 Å². The monoisotopic (exact) mass is 166 g/mol. The molecule has 0 aromatic rings. The predicted octanol–water partition coefficient (Wildman–Crippen LogP) is 2.36. The van der Waals surface area contributed by atoms with E-state index in [9.17, 15) is 0 Å². The number of rotatable bonds is 3. The number of halogens is 2. The van der Waals surface area contributed by atoms with Crippen LogP contribution in [0.1, 0.15) is 6.42 Å². The lowest BCUT2D eigenvalue weighted by Crippen LogP contribution is -1.82. The van der Waals surface area contributed by atoms with Gasteiger partial charge in [0.15, 0.2) is 0 Å². The summed E-state index contributed by atoms with van der Waals surface area (Å²) in [5.41, 5.74) is 1.85. The van der Waals surface area contributed by atoms with Crippen LogP contribution in [0.3, 0.4) is 0 Å². The van der Waals surface area contributed by atoms with Gasteiger partial charge in [0.05, 0.1) is 0 Å². The summed E-state index contributed by atoms with van der Waals surface area (Å²) in [6.45, 7) is 3.54. The molecule has 8 heavy (non-hydrogen) atoms. The van der Waals surface area contributed by atoms with Crippen LogP contribution in [0.25, 0.3) is 0 Å². The van der Waals surface area contributed by atoms with E-state index in [0.29, 0.717) is 0 Å². The molecule has 0 fully saturated rings. The summed E-state index contributed by atoms with van der Waals surface area (Å²) >= 11 is 11.0. The first-order valence-corrected chi connectivity index (χ1v) is 6.49. The molecule has 0 radical (unpaired) electrons. The summed E-state index contributed by atoms with van der Waals surface area (Å²) in [4.78, 5) is 0. The SMILES string of the molecule is C=CCC=C[SiH](Cl)Cl. The van der Waals surface area contributed by atoms with Crippen LogP contribution in [0.2, 0.25) is 0 Å². The highest BCUT2D eigenvalue weighted by atomic mass is 35.7. The van der Waals surface area contributed by atoms with Gasteiger partial charge in [-0.3, -0.25) is 0 Å². The standard InChI is InChI=1S/C5H8Cl2Si/c1-2-3-4-5-8(6)7/h2,4-5,8H,1,3H2. The molecule has 0 aliphatic carbocycles. The van der Waals surface area contributed by atoms with E-state index in [2.05, 4.69) is 6.58 Å². The van der Waals surface area contributed by atoms with Crippen molar-refractivity contribution in [1.29, 1.82) is 0 Å². The highest BCUT2D eigenvalue weighted by Gasteiger charge is 1.89. The summed E-state index contributed by atoms with van der Waals surface area (Å²) < 4.78 is 0. The molecule has 3 heteroatoms. The van der Waals surface area contributed by atoms with E-state index in [-0.39, 0.29) is 0 Å². The van der Waals surface area contributed by atoms with Gasteiger partial charge in [-0.2, -0.15) is 0 Å². The summed E-state index contributed by atoms with van der Waals surface area (Å²) in [6.07, 6.45) is 4.61. The van der Waals surface area contributed by atoms with Crippen molar-refractivity contribution in [3.63, 3.8) is 0 Å². The fourth-order valence-corrected chi connectivity index (χ4v) is 1.26. The molecule has 0 nitrogen and oxygen atoms in total. The van der Waals surface area contributed by atoms with Crippen LogP contribution in [-0.4, -0.2) is 7.42 Å². The van der Waals surface area contributed by atoms with Gasteiger partial charge in [0.25, 0.3) is 7.42 Å². The maximum Gasteiger partial charge on any atom is 0.259 e. The van der Waals surface area contributed by atoms with E-state index in [1.165, 1.54) is 0 Å². The summed E-state index contributed by atoms with van der Waals surface area (Å²) in [5, 5.41) is 0. The molecule has 0 aliphatic heterocycles. The predicted molar refractivity (Wildman–Crippen MR) is 42.8 cm³/mol. The van der Waals surface area contributed by atoms with Gasteiger partial charge in [0.2, 0.25) is 0 Å². The zero-order valence-corrected chi connectivity index (χ0v) is 7.15. The minimum atomic E-state index is -1.49. The minimum absolute atomic E-state index is 0.864. The Balaban J connectivity index is 3.19. The van der Waals surface area contributed by atoms with E-state index in [0.717, 1.165) is 6.42 Å². The summed E-state index contributed by atoms with van der Waals surface area (Å²) in [7, 11) is -1.49. The van der Waals surface area contributed by atoms with Crippen molar-refractivity contribution in [2.75, 3.05) is 0 Å². The molecule has 0 atom stereocenters. The largest absolute Gasteiger partial charge is 0.259 e. The molecule has 0 bridgehead atoms. The van der Waals surface area contributed by atoms with E-state index in [1.807, 2.05) is 11.8 Å². The van der Waals surface area contributed by atoms with Crippen LogP contribution in [0.4, 0.5) is 0 Å². The Bertz CT molecular complexity index is 88.4. The van der Waals surface area contributed by atoms with Gasteiger partial charge in [0.1, 0.15) is 0 Å². The maximum absolute atomic E-state index is 5.50. The fraction of sp³-hybridized carbons (Fsp3) is 0.200. The van der Waals surface area contributed by atoms with Gasteiger partial charge in [-0.15, -0.1) is 28.7 Å². The third-order valence-electron chi connectivity index (χ3n) is 0.584. The lowest BCUT2D eigenvalue weighted by Gasteiger charge is -1.82. The summed E-state index contributed by atoms with van der Waals surface area (Å²) in [5.74, 6) is 0. The third-order valence-corrected chi connectivity index (χ3v) is 2.02. The first-order valence-electron chi connectivity index (χ1n) is 2.33. The smallest absolute Gasteiger partial charge is 0.145 e. The van der Waals surface area contributed by atoms with Gasteiger partial charge in [-0.25, -0.2) is 0 Å². The molecular weight excluding hydrogens is 159 g/mol. The summed E-state index contributed by atoms with van der Waals surface area (Å²) in [6, 6.07) is 0. The first kappa shape index (κ1) is 8.28.